The molecule has 0 rings (SSSR count). The standard InChI is InChI=1S/2ClH.5Na.5H/h2*1H;;;;;;;;;;. The molecule has 0 fully saturated rings. The molecule has 7 heavy (non-hydrogen) atoms. The van der Waals surface area contributed by atoms with Crippen LogP contribution in [0.5, 0.6) is 0 Å². The zero-order valence-electron chi connectivity index (χ0n) is 0.816. The second kappa shape index (κ2) is 41.6. The fraction of sp³-hybridized carbons (Fsp3) is 0. The van der Waals surface area contributed by atoms with Crippen LogP contribution < -0.4 is 0 Å². The Morgan fingerprint density at radius 1 is 0.286 bits per heavy atom. The van der Waals surface area contributed by atoms with E-state index in [1.165, 1.54) is 0 Å². The van der Waals surface area contributed by atoms with Crippen LogP contribution in [0.3, 0.4) is 0 Å². The Labute approximate surface area is 168 Å². The Bertz CT molecular complexity index is 6.04. The van der Waals surface area contributed by atoms with E-state index in [0.29, 0.717) is 0 Å². The molecule has 0 aromatic heterocycles. The van der Waals surface area contributed by atoms with Crippen molar-refractivity contribution in [1.82, 2.24) is 0 Å². The van der Waals surface area contributed by atoms with Gasteiger partial charge >= 0.3 is 148 Å². The summed E-state index contributed by atoms with van der Waals surface area (Å²) in [5.41, 5.74) is 0. The number of halogens is 2. The first kappa shape index (κ1) is 54.2. The zero-order valence-corrected chi connectivity index (χ0v) is 2.45. The summed E-state index contributed by atoms with van der Waals surface area (Å²) in [7, 11) is 0. The molecule has 0 amide bonds. The molecule has 0 aliphatic carbocycles. The van der Waals surface area contributed by atoms with Crippen LogP contribution in [0.15, 0.2) is 0 Å². The molecule has 0 aliphatic heterocycles. The van der Waals surface area contributed by atoms with Crippen molar-refractivity contribution in [3.63, 3.8) is 0 Å². The molecule has 0 saturated heterocycles. The van der Waals surface area contributed by atoms with Crippen LogP contribution in [-0.2, 0) is 0 Å². The molecular formula is H7Cl2Na5. The first-order chi connectivity index (χ1) is 0. The van der Waals surface area contributed by atoms with Crippen LogP contribution in [0, 0.1) is 0 Å². The predicted octanol–water partition coefficient (Wildman–Crippen LogP) is -2.40. The molecule has 0 unspecified atom stereocenters. The molecule has 0 nitrogen and oxygen atoms in total. The van der Waals surface area contributed by atoms with Gasteiger partial charge in [-0.1, -0.05) is 0 Å². The van der Waals surface area contributed by atoms with Gasteiger partial charge in [-0.05, 0) is 0 Å². The van der Waals surface area contributed by atoms with E-state index in [1.54, 1.807) is 0 Å². The molecule has 0 aromatic rings. The van der Waals surface area contributed by atoms with Crippen molar-refractivity contribution in [3.05, 3.63) is 0 Å². The van der Waals surface area contributed by atoms with E-state index in [9.17, 15) is 0 Å². The zero-order chi connectivity index (χ0) is 0. The number of hydrogen-bond donors (Lipinski definition) is 0. The Morgan fingerprint density at radius 2 is 0.286 bits per heavy atom. The molecule has 0 aliphatic rings. The van der Waals surface area contributed by atoms with E-state index in [2.05, 4.69) is 0 Å². The van der Waals surface area contributed by atoms with Gasteiger partial charge in [0.15, 0.2) is 0 Å². The van der Waals surface area contributed by atoms with Crippen LogP contribution >= 0.6 is 24.8 Å². The molecule has 7 heteroatoms. The summed E-state index contributed by atoms with van der Waals surface area (Å²) in [5.74, 6) is 0. The van der Waals surface area contributed by atoms with Crippen LogP contribution in [0.4, 0.5) is 0 Å². The van der Waals surface area contributed by atoms with Crippen molar-refractivity contribution < 1.29 is 0 Å². The average molecular weight is 193 g/mol. The topological polar surface area (TPSA) is 0 Å². The van der Waals surface area contributed by atoms with Gasteiger partial charge in [0, 0.05) is 0 Å². The summed E-state index contributed by atoms with van der Waals surface area (Å²) in [5, 5.41) is 0. The Kier molecular flexibility index (Phi) is 322. The monoisotopic (exact) mass is 192 g/mol. The quantitative estimate of drug-likeness (QED) is 0.376. The molecule has 0 N–H and O–H groups in total. The van der Waals surface area contributed by atoms with Gasteiger partial charge < -0.3 is 0 Å². The second-order valence-corrected chi connectivity index (χ2v) is 0. The third-order valence-corrected chi connectivity index (χ3v) is 0. The van der Waals surface area contributed by atoms with E-state index in [4.69, 9.17) is 0 Å². The number of rotatable bonds is 0. The third kappa shape index (κ3) is 34.1. The fourth-order valence-electron chi connectivity index (χ4n) is 0. The maximum atomic E-state index is 0. The summed E-state index contributed by atoms with van der Waals surface area (Å²) < 4.78 is 0. The SMILES string of the molecule is Cl.Cl.[NaH].[NaH].[NaH].[NaH].[NaH]. The van der Waals surface area contributed by atoms with Crippen LogP contribution in [0.1, 0.15) is 0 Å². The second-order valence-electron chi connectivity index (χ2n) is 0. The van der Waals surface area contributed by atoms with Crippen LogP contribution in [0.2, 0.25) is 0 Å². The first-order valence-electron chi connectivity index (χ1n) is 0. The van der Waals surface area contributed by atoms with Gasteiger partial charge in [0.25, 0.3) is 0 Å². The number of hydrogen-bond acceptors (Lipinski definition) is 0. The van der Waals surface area contributed by atoms with Crippen molar-refractivity contribution in [2.75, 3.05) is 0 Å². The summed E-state index contributed by atoms with van der Waals surface area (Å²) in [6.07, 6.45) is 0. The molecule has 0 spiro atoms. The average Bonchev–Trinajstić information content (AvgIpc) is 0. The maximum absolute atomic E-state index is 0. The Morgan fingerprint density at radius 3 is 0.286 bits per heavy atom. The van der Waals surface area contributed by atoms with E-state index in [0.717, 1.165) is 0 Å². The van der Waals surface area contributed by atoms with Gasteiger partial charge in [0.2, 0.25) is 0 Å². The summed E-state index contributed by atoms with van der Waals surface area (Å²) in [4.78, 5) is 0. The third-order valence-electron chi connectivity index (χ3n) is 0. The van der Waals surface area contributed by atoms with Gasteiger partial charge in [-0.3, -0.25) is 0 Å². The fourth-order valence-corrected chi connectivity index (χ4v) is 0. The predicted molar refractivity (Wildman–Crippen MR) is 50.2 cm³/mol. The van der Waals surface area contributed by atoms with Gasteiger partial charge in [-0.2, -0.15) is 0 Å². The van der Waals surface area contributed by atoms with Gasteiger partial charge in [-0.25, -0.2) is 0 Å². The van der Waals surface area contributed by atoms with Crippen LogP contribution in [-0.4, -0.2) is 148 Å². The molecule has 26 valence electrons. The summed E-state index contributed by atoms with van der Waals surface area (Å²) >= 11 is 0. The first-order valence-corrected chi connectivity index (χ1v) is 0. The molecule has 0 radical (unpaired) electrons. The Hall–Kier alpha value is 5.58. The Balaban J connectivity index is 0. The molecular weight excluding hydrogens is 186 g/mol. The molecule has 0 heterocycles. The molecule has 0 atom stereocenters. The summed E-state index contributed by atoms with van der Waals surface area (Å²) in [6.45, 7) is 0. The molecule has 0 saturated carbocycles. The van der Waals surface area contributed by atoms with Gasteiger partial charge in [-0.15, -0.1) is 24.8 Å². The van der Waals surface area contributed by atoms with E-state index in [1.807, 2.05) is 0 Å². The van der Waals surface area contributed by atoms with E-state index in [-0.39, 0.29) is 173 Å². The molecule has 0 aromatic carbocycles. The molecule has 0 bridgehead atoms. The minimum absolute atomic E-state index is 0. The van der Waals surface area contributed by atoms with E-state index < -0.39 is 0 Å². The van der Waals surface area contributed by atoms with Crippen molar-refractivity contribution in [1.29, 1.82) is 0 Å². The van der Waals surface area contributed by atoms with E-state index >= 15 is 0 Å². The minimum atomic E-state index is 0. The van der Waals surface area contributed by atoms with Crippen molar-refractivity contribution in [2.45, 2.75) is 0 Å². The van der Waals surface area contributed by atoms with Gasteiger partial charge in [0.1, 0.15) is 0 Å². The van der Waals surface area contributed by atoms with Crippen molar-refractivity contribution in [2.24, 2.45) is 0 Å². The van der Waals surface area contributed by atoms with Crippen LogP contribution in [0.25, 0.3) is 0 Å². The van der Waals surface area contributed by atoms with Gasteiger partial charge in [0.05, 0.1) is 0 Å². The summed E-state index contributed by atoms with van der Waals surface area (Å²) in [6, 6.07) is 0. The normalized spacial score (nSPS) is 0. The van der Waals surface area contributed by atoms with Crippen molar-refractivity contribution >= 4 is 173 Å². The van der Waals surface area contributed by atoms with Crippen molar-refractivity contribution in [3.8, 4) is 0 Å².